The molecule has 0 aliphatic rings. The molecular formula is C8H10ClN3O2. The smallest absolute Gasteiger partial charge is 0.324 e. The number of rotatable bonds is 4. The van der Waals surface area contributed by atoms with E-state index in [-0.39, 0.29) is 0 Å². The maximum Gasteiger partial charge on any atom is 0.324 e. The maximum absolute atomic E-state index is 11.1. The van der Waals surface area contributed by atoms with Gasteiger partial charge in [0.1, 0.15) is 12.4 Å². The molecule has 0 radical (unpaired) electrons. The molecule has 6 heteroatoms. The first-order valence-corrected chi connectivity index (χ1v) is 4.33. The van der Waals surface area contributed by atoms with Gasteiger partial charge in [-0.15, -0.1) is 0 Å². The molecule has 1 N–H and O–H groups in total. The van der Waals surface area contributed by atoms with Crippen LogP contribution >= 0.6 is 11.8 Å². The first-order chi connectivity index (χ1) is 6.77. The number of esters is 1. The molecule has 76 valence electrons. The van der Waals surface area contributed by atoms with E-state index in [4.69, 9.17) is 11.8 Å². The normalized spacial score (nSPS) is 12.1. The van der Waals surface area contributed by atoms with Gasteiger partial charge in [-0.25, -0.2) is 14.8 Å². The number of ether oxygens (including phenoxy) is 1. The molecule has 1 aromatic rings. The number of nitrogens with one attached hydrogen (secondary N) is 1. The molecule has 0 bridgehead atoms. The molecule has 5 nitrogen and oxygen atoms in total. The third-order valence-corrected chi connectivity index (χ3v) is 1.93. The maximum atomic E-state index is 11.1. The van der Waals surface area contributed by atoms with Crippen LogP contribution in [0.2, 0.25) is 0 Å². The van der Waals surface area contributed by atoms with Crippen molar-refractivity contribution >= 4 is 17.7 Å². The Labute approximate surface area is 86.6 Å². The van der Waals surface area contributed by atoms with Crippen LogP contribution in [0.4, 0.5) is 0 Å². The minimum Gasteiger partial charge on any atom is -0.468 e. The highest BCUT2D eigenvalue weighted by Gasteiger charge is 2.18. The average Bonchev–Trinajstić information content (AvgIpc) is 2.26. The van der Waals surface area contributed by atoms with E-state index in [9.17, 15) is 4.79 Å². The number of hydrogen-bond donors (Lipinski definition) is 1. The molecule has 0 saturated carbocycles. The van der Waals surface area contributed by atoms with Gasteiger partial charge in [-0.2, -0.15) is 0 Å². The van der Waals surface area contributed by atoms with Crippen molar-refractivity contribution < 1.29 is 9.53 Å². The molecule has 1 aromatic heterocycles. The summed E-state index contributed by atoms with van der Waals surface area (Å²) in [6.45, 7) is 0. The second-order valence-electron chi connectivity index (χ2n) is 2.64. The van der Waals surface area contributed by atoms with Gasteiger partial charge in [0, 0.05) is 18.8 Å². The minimum absolute atomic E-state index is 0.400. The summed E-state index contributed by atoms with van der Waals surface area (Å²) >= 11 is 5.40. The number of methoxy groups -OCH3 is 1. The molecule has 1 rings (SSSR count). The minimum atomic E-state index is -0.576. The molecule has 0 fully saturated rings. The van der Waals surface area contributed by atoms with Gasteiger partial charge in [-0.1, -0.05) is 0 Å². The predicted octanol–water partition coefficient (Wildman–Crippen LogP) is 0.304. The summed E-state index contributed by atoms with van der Waals surface area (Å²) in [4.78, 5) is 21.1. The highest BCUT2D eigenvalue weighted by Crippen LogP contribution is 2.01. The second-order valence-corrected chi connectivity index (χ2v) is 2.85. The van der Waals surface area contributed by atoms with Crippen LogP contribution in [0.3, 0.4) is 0 Å². The molecule has 1 unspecified atom stereocenters. The van der Waals surface area contributed by atoms with Crippen LogP contribution in [0.5, 0.6) is 0 Å². The van der Waals surface area contributed by atoms with Crippen molar-refractivity contribution in [3.05, 3.63) is 24.3 Å². The number of hydrogen-bond acceptors (Lipinski definition) is 5. The molecule has 1 atom stereocenters. The number of halogens is 1. The molecule has 0 aliphatic heterocycles. The fraction of sp³-hybridized carbons (Fsp3) is 0.375. The Kier molecular flexibility index (Phi) is 4.28. The number of nitrogens with zero attached hydrogens (tertiary/aromatic N) is 2. The van der Waals surface area contributed by atoms with Gasteiger partial charge < -0.3 is 4.74 Å². The van der Waals surface area contributed by atoms with Crippen molar-refractivity contribution in [3.63, 3.8) is 0 Å². The first-order valence-electron chi connectivity index (χ1n) is 3.95. The van der Waals surface area contributed by atoms with E-state index in [1.54, 1.807) is 12.4 Å². The van der Waals surface area contributed by atoms with Gasteiger partial charge in [-0.05, 0) is 17.3 Å². The summed E-state index contributed by atoms with van der Waals surface area (Å²) in [6.07, 6.45) is 5.07. The summed E-state index contributed by atoms with van der Waals surface area (Å²) in [5.41, 5.74) is 0.816. The Hall–Kier alpha value is -1.20. The van der Waals surface area contributed by atoms with Crippen molar-refractivity contribution in [2.75, 3.05) is 7.11 Å². The summed E-state index contributed by atoms with van der Waals surface area (Å²) in [5.74, 6) is -0.413. The Bertz CT molecular complexity index is 294. The van der Waals surface area contributed by atoms with E-state index in [1.165, 1.54) is 13.4 Å². The van der Waals surface area contributed by atoms with Crippen LogP contribution in [0.25, 0.3) is 0 Å². The third-order valence-electron chi connectivity index (χ3n) is 1.67. The Morgan fingerprint density at radius 1 is 1.64 bits per heavy atom. The molecule has 1 heterocycles. The Balaban J connectivity index is 2.62. The van der Waals surface area contributed by atoms with Crippen molar-refractivity contribution in [1.82, 2.24) is 14.8 Å². The largest absolute Gasteiger partial charge is 0.468 e. The SMILES string of the molecule is COC(=O)C(Cc1cncnc1)NCl. The Morgan fingerprint density at radius 3 is 2.79 bits per heavy atom. The highest BCUT2D eigenvalue weighted by atomic mass is 35.5. The third kappa shape index (κ3) is 2.93. The molecule has 0 aliphatic carbocycles. The van der Waals surface area contributed by atoms with Crippen LogP contribution in [0.15, 0.2) is 18.7 Å². The van der Waals surface area contributed by atoms with Gasteiger partial charge in [0.15, 0.2) is 0 Å². The second kappa shape index (κ2) is 5.51. The predicted molar refractivity (Wildman–Crippen MR) is 50.5 cm³/mol. The summed E-state index contributed by atoms with van der Waals surface area (Å²) in [6, 6.07) is -0.576. The monoisotopic (exact) mass is 215 g/mol. The lowest BCUT2D eigenvalue weighted by Crippen LogP contribution is -2.34. The van der Waals surface area contributed by atoms with Crippen molar-refractivity contribution in [2.24, 2.45) is 0 Å². The molecule has 0 aromatic carbocycles. The molecule has 0 spiro atoms. The van der Waals surface area contributed by atoms with Crippen LogP contribution < -0.4 is 4.84 Å². The topological polar surface area (TPSA) is 64.1 Å². The zero-order valence-electron chi connectivity index (χ0n) is 7.61. The van der Waals surface area contributed by atoms with Crippen LogP contribution in [0, 0.1) is 0 Å². The van der Waals surface area contributed by atoms with Gasteiger partial charge in [0.05, 0.1) is 7.11 Å². The van der Waals surface area contributed by atoms with E-state index < -0.39 is 12.0 Å². The van der Waals surface area contributed by atoms with Gasteiger partial charge >= 0.3 is 5.97 Å². The average molecular weight is 216 g/mol. The van der Waals surface area contributed by atoms with Crippen molar-refractivity contribution in [1.29, 1.82) is 0 Å². The Morgan fingerprint density at radius 2 is 2.29 bits per heavy atom. The summed E-state index contributed by atoms with van der Waals surface area (Å²) in [5, 5.41) is 0. The lowest BCUT2D eigenvalue weighted by atomic mass is 10.1. The fourth-order valence-corrected chi connectivity index (χ4v) is 1.15. The molecule has 0 saturated heterocycles. The fourth-order valence-electron chi connectivity index (χ4n) is 0.980. The zero-order valence-corrected chi connectivity index (χ0v) is 8.36. The summed E-state index contributed by atoms with van der Waals surface area (Å²) < 4.78 is 4.55. The summed E-state index contributed by atoms with van der Waals surface area (Å²) in [7, 11) is 1.31. The van der Waals surface area contributed by atoms with Gasteiger partial charge in [-0.3, -0.25) is 4.79 Å². The standard InChI is InChI=1S/C8H10ClN3O2/c1-14-8(13)7(12-9)2-6-3-10-5-11-4-6/h3-5,7,12H,2H2,1H3. The van der Waals surface area contributed by atoms with E-state index >= 15 is 0 Å². The lowest BCUT2D eigenvalue weighted by molar-refractivity contribution is -0.142. The molecular weight excluding hydrogens is 206 g/mol. The van der Waals surface area contributed by atoms with Crippen LogP contribution in [-0.4, -0.2) is 29.1 Å². The number of carbonyl (C=O) groups excluding carboxylic acids is 1. The van der Waals surface area contributed by atoms with Gasteiger partial charge in [0.25, 0.3) is 0 Å². The van der Waals surface area contributed by atoms with Gasteiger partial charge in [0.2, 0.25) is 0 Å². The van der Waals surface area contributed by atoms with E-state index in [1.807, 2.05) is 0 Å². The van der Waals surface area contributed by atoms with Crippen LogP contribution in [-0.2, 0) is 16.0 Å². The first kappa shape index (κ1) is 10.9. The van der Waals surface area contributed by atoms with Crippen LogP contribution in [0.1, 0.15) is 5.56 Å². The molecule has 14 heavy (non-hydrogen) atoms. The zero-order chi connectivity index (χ0) is 10.4. The number of aromatic nitrogens is 2. The molecule has 0 amide bonds. The van der Waals surface area contributed by atoms with E-state index in [0.29, 0.717) is 6.42 Å². The van der Waals surface area contributed by atoms with E-state index in [0.717, 1.165) is 5.56 Å². The van der Waals surface area contributed by atoms with E-state index in [2.05, 4.69) is 19.5 Å². The van der Waals surface area contributed by atoms with Crippen molar-refractivity contribution in [2.45, 2.75) is 12.5 Å². The quantitative estimate of drug-likeness (QED) is 0.578. The lowest BCUT2D eigenvalue weighted by Gasteiger charge is -2.10. The number of carbonyl (C=O) groups is 1. The highest BCUT2D eigenvalue weighted by molar-refractivity contribution is 6.14. The van der Waals surface area contributed by atoms with Crippen molar-refractivity contribution in [3.8, 4) is 0 Å².